The molecule has 0 aliphatic carbocycles. The molecule has 0 aromatic heterocycles. The van der Waals surface area contributed by atoms with Crippen molar-refractivity contribution in [1.29, 1.82) is 0 Å². The highest BCUT2D eigenvalue weighted by Crippen LogP contribution is 2.23. The summed E-state index contributed by atoms with van der Waals surface area (Å²) >= 11 is 8.91. The molecule has 1 N–H and O–H groups in total. The van der Waals surface area contributed by atoms with Crippen LogP contribution in [0.5, 0.6) is 0 Å². The van der Waals surface area contributed by atoms with Crippen molar-refractivity contribution < 1.29 is 4.79 Å². The Balaban J connectivity index is 2.60. The number of halogens is 2. The highest BCUT2D eigenvalue weighted by Gasteiger charge is 2.04. The Morgan fingerprint density at radius 2 is 2.27 bits per heavy atom. The molecule has 1 rings (SSSR count). The van der Waals surface area contributed by atoms with Gasteiger partial charge in [0.05, 0.1) is 5.69 Å². The van der Waals surface area contributed by atoms with Gasteiger partial charge in [0.2, 0.25) is 5.91 Å². The second-order valence-corrected chi connectivity index (χ2v) is 4.56. The molecule has 0 radical (unpaired) electrons. The van der Waals surface area contributed by atoms with E-state index in [1.165, 1.54) is 0 Å². The van der Waals surface area contributed by atoms with Gasteiger partial charge in [-0.15, -0.1) is 11.6 Å². The molecule has 0 spiro atoms. The molecule has 0 heterocycles. The number of rotatable bonds is 4. The van der Waals surface area contributed by atoms with Crippen molar-refractivity contribution in [3.05, 3.63) is 28.2 Å². The summed E-state index contributed by atoms with van der Waals surface area (Å²) in [6.45, 7) is 2.00. The van der Waals surface area contributed by atoms with Crippen molar-refractivity contribution in [3.8, 4) is 0 Å². The second-order valence-electron chi connectivity index (χ2n) is 3.32. The lowest BCUT2D eigenvalue weighted by molar-refractivity contribution is -0.116. The third-order valence-electron chi connectivity index (χ3n) is 1.94. The maximum absolute atomic E-state index is 11.4. The van der Waals surface area contributed by atoms with Crippen LogP contribution >= 0.6 is 27.5 Å². The number of carbonyl (C=O) groups excluding carboxylic acids is 1. The van der Waals surface area contributed by atoms with E-state index in [1.54, 1.807) is 0 Å². The fourth-order valence-electron chi connectivity index (χ4n) is 1.16. The van der Waals surface area contributed by atoms with Gasteiger partial charge in [-0.2, -0.15) is 0 Å². The average molecular weight is 291 g/mol. The van der Waals surface area contributed by atoms with E-state index in [2.05, 4.69) is 21.2 Å². The van der Waals surface area contributed by atoms with Crippen molar-refractivity contribution in [3.63, 3.8) is 0 Å². The molecule has 0 aliphatic heterocycles. The topological polar surface area (TPSA) is 29.1 Å². The fraction of sp³-hybridized carbons (Fsp3) is 0.364. The Morgan fingerprint density at radius 3 is 2.87 bits per heavy atom. The lowest BCUT2D eigenvalue weighted by atomic mass is 10.2. The Hall–Kier alpha value is -0.540. The molecule has 1 aromatic rings. The molecule has 4 heteroatoms. The first-order valence-electron chi connectivity index (χ1n) is 4.75. The number of nitrogens with one attached hydrogen (secondary N) is 1. The highest BCUT2D eigenvalue weighted by molar-refractivity contribution is 9.10. The van der Waals surface area contributed by atoms with Gasteiger partial charge in [-0.05, 0) is 47.0 Å². The minimum absolute atomic E-state index is 0.000188. The van der Waals surface area contributed by atoms with E-state index in [1.807, 2.05) is 25.1 Å². The van der Waals surface area contributed by atoms with Gasteiger partial charge in [-0.3, -0.25) is 4.79 Å². The molecule has 82 valence electrons. The average Bonchev–Trinajstić information content (AvgIpc) is 2.19. The van der Waals surface area contributed by atoms with E-state index >= 15 is 0 Å². The Morgan fingerprint density at radius 1 is 1.53 bits per heavy atom. The molecule has 0 bridgehead atoms. The SMILES string of the molecule is Cc1ccc(NC(=O)CCCCl)c(Br)c1. The first-order valence-corrected chi connectivity index (χ1v) is 6.08. The predicted octanol–water partition coefficient (Wildman–Crippen LogP) is 3.72. The van der Waals surface area contributed by atoms with Crippen LogP contribution in [0.4, 0.5) is 5.69 Å². The van der Waals surface area contributed by atoms with Crippen molar-refractivity contribution in [2.75, 3.05) is 11.2 Å². The monoisotopic (exact) mass is 289 g/mol. The maximum atomic E-state index is 11.4. The number of carbonyl (C=O) groups is 1. The van der Waals surface area contributed by atoms with Crippen LogP contribution in [0.3, 0.4) is 0 Å². The molecular weight excluding hydrogens is 277 g/mol. The molecule has 0 unspecified atom stereocenters. The molecule has 1 aromatic carbocycles. The normalized spacial score (nSPS) is 10.1. The smallest absolute Gasteiger partial charge is 0.224 e. The molecule has 2 nitrogen and oxygen atoms in total. The van der Waals surface area contributed by atoms with E-state index in [-0.39, 0.29) is 5.91 Å². The number of alkyl halides is 1. The Bertz CT molecular complexity index is 354. The standard InChI is InChI=1S/C11H13BrClNO/c1-8-4-5-10(9(12)7-8)14-11(15)3-2-6-13/h4-5,7H,2-3,6H2,1H3,(H,14,15). The Labute approximate surface area is 103 Å². The van der Waals surface area contributed by atoms with E-state index < -0.39 is 0 Å². The lowest BCUT2D eigenvalue weighted by Crippen LogP contribution is -2.11. The van der Waals surface area contributed by atoms with Crippen LogP contribution in [0.1, 0.15) is 18.4 Å². The number of hydrogen-bond acceptors (Lipinski definition) is 1. The molecule has 15 heavy (non-hydrogen) atoms. The fourth-order valence-corrected chi connectivity index (χ4v) is 1.89. The summed E-state index contributed by atoms with van der Waals surface area (Å²) in [5, 5.41) is 2.83. The summed E-state index contributed by atoms with van der Waals surface area (Å²) in [6.07, 6.45) is 1.17. The zero-order chi connectivity index (χ0) is 11.3. The summed E-state index contributed by atoms with van der Waals surface area (Å²) in [7, 11) is 0. The molecular formula is C11H13BrClNO. The minimum atomic E-state index is 0.000188. The minimum Gasteiger partial charge on any atom is -0.325 e. The van der Waals surface area contributed by atoms with E-state index in [9.17, 15) is 4.79 Å². The Kier molecular flexibility index (Phi) is 5.12. The van der Waals surface area contributed by atoms with Crippen LogP contribution in [-0.4, -0.2) is 11.8 Å². The second kappa shape index (κ2) is 6.13. The highest BCUT2D eigenvalue weighted by atomic mass is 79.9. The van der Waals surface area contributed by atoms with Crippen LogP contribution in [-0.2, 0) is 4.79 Å². The van der Waals surface area contributed by atoms with Crippen LogP contribution in [0, 0.1) is 6.92 Å². The number of anilines is 1. The first kappa shape index (κ1) is 12.5. The largest absolute Gasteiger partial charge is 0.325 e. The van der Waals surface area contributed by atoms with Crippen molar-refractivity contribution in [2.45, 2.75) is 19.8 Å². The number of benzene rings is 1. The number of hydrogen-bond donors (Lipinski definition) is 1. The molecule has 0 aliphatic rings. The first-order chi connectivity index (χ1) is 7.13. The van der Waals surface area contributed by atoms with Crippen molar-refractivity contribution in [2.24, 2.45) is 0 Å². The van der Waals surface area contributed by atoms with Crippen LogP contribution in [0.15, 0.2) is 22.7 Å². The summed E-state index contributed by atoms with van der Waals surface area (Å²) in [5.74, 6) is 0.517. The summed E-state index contributed by atoms with van der Waals surface area (Å²) < 4.78 is 0.904. The zero-order valence-electron chi connectivity index (χ0n) is 8.52. The van der Waals surface area contributed by atoms with Crippen LogP contribution < -0.4 is 5.32 Å². The predicted molar refractivity (Wildman–Crippen MR) is 67.5 cm³/mol. The van der Waals surface area contributed by atoms with Gasteiger partial charge < -0.3 is 5.32 Å². The molecule has 1 amide bonds. The third-order valence-corrected chi connectivity index (χ3v) is 2.86. The van der Waals surface area contributed by atoms with Crippen LogP contribution in [0.2, 0.25) is 0 Å². The summed E-state index contributed by atoms with van der Waals surface area (Å²) in [4.78, 5) is 11.4. The van der Waals surface area contributed by atoms with Gasteiger partial charge in [0.15, 0.2) is 0 Å². The lowest BCUT2D eigenvalue weighted by Gasteiger charge is -2.07. The summed E-state index contributed by atoms with van der Waals surface area (Å²) in [6, 6.07) is 5.82. The van der Waals surface area contributed by atoms with Gasteiger partial charge in [-0.1, -0.05) is 6.07 Å². The van der Waals surface area contributed by atoms with Gasteiger partial charge in [-0.25, -0.2) is 0 Å². The van der Waals surface area contributed by atoms with Gasteiger partial charge in [0.25, 0.3) is 0 Å². The van der Waals surface area contributed by atoms with Crippen molar-refractivity contribution >= 4 is 39.1 Å². The number of aryl methyl sites for hydroxylation is 1. The van der Waals surface area contributed by atoms with Crippen LogP contribution in [0.25, 0.3) is 0 Å². The quantitative estimate of drug-likeness (QED) is 0.841. The molecule has 0 fully saturated rings. The molecule has 0 saturated heterocycles. The van der Waals surface area contributed by atoms with E-state index in [0.29, 0.717) is 18.7 Å². The van der Waals surface area contributed by atoms with Gasteiger partial charge in [0, 0.05) is 16.8 Å². The maximum Gasteiger partial charge on any atom is 0.224 e. The van der Waals surface area contributed by atoms with E-state index in [0.717, 1.165) is 15.7 Å². The van der Waals surface area contributed by atoms with E-state index in [4.69, 9.17) is 11.6 Å². The summed E-state index contributed by atoms with van der Waals surface area (Å²) in [5.41, 5.74) is 1.96. The third kappa shape index (κ3) is 4.22. The zero-order valence-corrected chi connectivity index (χ0v) is 10.9. The van der Waals surface area contributed by atoms with Gasteiger partial charge >= 0.3 is 0 Å². The molecule has 0 saturated carbocycles. The molecule has 0 atom stereocenters. The number of amides is 1. The van der Waals surface area contributed by atoms with Crippen molar-refractivity contribution in [1.82, 2.24) is 0 Å². The van der Waals surface area contributed by atoms with Gasteiger partial charge in [0.1, 0.15) is 0 Å².